The number of hydrogen-bond acceptors (Lipinski definition) is 6. The van der Waals surface area contributed by atoms with Crippen LogP contribution in [0.5, 0.6) is 5.75 Å². The number of halogens is 5. The molecule has 172 valence electrons. The molecule has 1 saturated heterocycles. The van der Waals surface area contributed by atoms with E-state index < -0.39 is 17.6 Å². The molecule has 4 heterocycles. The zero-order chi connectivity index (χ0) is 23.3. The Balaban J connectivity index is 1.46. The number of benzene rings is 1. The normalized spacial score (nSPS) is 16.6. The van der Waals surface area contributed by atoms with Crippen LogP contribution in [0.15, 0.2) is 35.1 Å². The average Bonchev–Trinajstić information content (AvgIpc) is 3.49. The second-order valence-corrected chi connectivity index (χ2v) is 8.09. The van der Waals surface area contributed by atoms with Crippen LogP contribution >= 0.6 is 11.6 Å². The molecule has 33 heavy (non-hydrogen) atoms. The fourth-order valence-corrected chi connectivity index (χ4v) is 3.90. The molecule has 0 amide bonds. The summed E-state index contributed by atoms with van der Waals surface area (Å²) in [6, 6.07) is 3.63. The van der Waals surface area contributed by atoms with E-state index in [-0.39, 0.29) is 39.9 Å². The summed E-state index contributed by atoms with van der Waals surface area (Å²) < 4.78 is 65.9. The SMILES string of the molecule is Cc1cc(OC2CCNC2)c(F)cc1-c1noc(-c2cn3cc(C(F)(F)F)cc(Cl)c3n2)n1. The maximum atomic E-state index is 14.7. The third-order valence-corrected chi connectivity index (χ3v) is 5.59. The zero-order valence-corrected chi connectivity index (χ0v) is 17.8. The van der Waals surface area contributed by atoms with Gasteiger partial charge in [0.15, 0.2) is 17.2 Å². The molecule has 1 fully saturated rings. The summed E-state index contributed by atoms with van der Waals surface area (Å²) in [4.78, 5) is 8.44. The molecule has 1 aliphatic heterocycles. The standard InChI is InChI=1S/C21H16ClF4N5O2/c1-10-4-17(32-12-2-3-27-7-12)15(23)6-13(10)18-29-20(33-30-18)16-9-31-8-11(21(24,25)26)5-14(22)19(31)28-16/h4-6,8-9,12,27H,2-3,7H2,1H3. The van der Waals surface area contributed by atoms with Crippen molar-refractivity contribution in [3.63, 3.8) is 0 Å². The van der Waals surface area contributed by atoms with E-state index in [2.05, 4.69) is 20.4 Å². The zero-order valence-electron chi connectivity index (χ0n) is 17.1. The first-order chi connectivity index (χ1) is 15.7. The molecule has 5 rings (SSSR count). The number of aryl methyl sites for hydroxylation is 1. The summed E-state index contributed by atoms with van der Waals surface area (Å²) >= 11 is 5.98. The number of rotatable bonds is 4. The summed E-state index contributed by atoms with van der Waals surface area (Å²) in [7, 11) is 0. The Bertz CT molecular complexity index is 1340. The van der Waals surface area contributed by atoms with Crippen molar-refractivity contribution >= 4 is 17.2 Å². The third kappa shape index (κ3) is 4.13. The van der Waals surface area contributed by atoms with Crippen molar-refractivity contribution in [2.45, 2.75) is 25.6 Å². The highest BCUT2D eigenvalue weighted by Crippen LogP contribution is 2.34. The minimum atomic E-state index is -4.56. The fraction of sp³-hybridized carbons (Fsp3) is 0.286. The van der Waals surface area contributed by atoms with E-state index in [1.54, 1.807) is 13.0 Å². The van der Waals surface area contributed by atoms with E-state index in [0.29, 0.717) is 17.7 Å². The molecule has 0 radical (unpaired) electrons. The van der Waals surface area contributed by atoms with E-state index in [1.807, 2.05) is 0 Å². The molecule has 0 aliphatic carbocycles. The van der Waals surface area contributed by atoms with Gasteiger partial charge in [-0.1, -0.05) is 16.8 Å². The Morgan fingerprint density at radius 3 is 2.76 bits per heavy atom. The predicted molar refractivity (Wildman–Crippen MR) is 111 cm³/mol. The van der Waals surface area contributed by atoms with Gasteiger partial charge in [0.2, 0.25) is 5.82 Å². The monoisotopic (exact) mass is 481 g/mol. The number of ether oxygens (including phenoxy) is 1. The van der Waals surface area contributed by atoms with Crippen LogP contribution in [0.25, 0.3) is 28.6 Å². The molecular weight excluding hydrogens is 466 g/mol. The topological polar surface area (TPSA) is 77.5 Å². The quantitative estimate of drug-likeness (QED) is 0.417. The summed E-state index contributed by atoms with van der Waals surface area (Å²) in [5, 5.41) is 6.86. The van der Waals surface area contributed by atoms with Crippen molar-refractivity contribution in [1.29, 1.82) is 0 Å². The predicted octanol–water partition coefficient (Wildman–Crippen LogP) is 4.91. The number of aromatic nitrogens is 4. The Morgan fingerprint density at radius 2 is 2.03 bits per heavy atom. The number of pyridine rings is 1. The van der Waals surface area contributed by atoms with Crippen LogP contribution < -0.4 is 10.1 Å². The molecule has 0 spiro atoms. The maximum absolute atomic E-state index is 14.7. The van der Waals surface area contributed by atoms with Crippen molar-refractivity contribution < 1.29 is 26.8 Å². The van der Waals surface area contributed by atoms with Crippen molar-refractivity contribution in [1.82, 2.24) is 24.8 Å². The van der Waals surface area contributed by atoms with E-state index in [0.717, 1.165) is 29.6 Å². The molecule has 1 aliphatic rings. The lowest BCUT2D eigenvalue weighted by Crippen LogP contribution is -2.20. The Morgan fingerprint density at radius 1 is 1.21 bits per heavy atom. The first-order valence-corrected chi connectivity index (χ1v) is 10.3. The molecule has 1 atom stereocenters. The number of hydrogen-bond donors (Lipinski definition) is 1. The van der Waals surface area contributed by atoms with Crippen LogP contribution in [0.4, 0.5) is 17.6 Å². The van der Waals surface area contributed by atoms with Crippen LogP contribution in [0.3, 0.4) is 0 Å². The lowest BCUT2D eigenvalue weighted by atomic mass is 10.1. The Hall–Kier alpha value is -3.18. The third-order valence-electron chi connectivity index (χ3n) is 5.31. The second kappa shape index (κ2) is 7.99. The van der Waals surface area contributed by atoms with Gasteiger partial charge in [-0.25, -0.2) is 9.37 Å². The molecular formula is C21H16ClF4N5O2. The summed E-state index contributed by atoms with van der Waals surface area (Å²) in [6.45, 7) is 3.23. The largest absolute Gasteiger partial charge is 0.486 e. The van der Waals surface area contributed by atoms with Crippen LogP contribution in [0.1, 0.15) is 17.5 Å². The molecule has 1 unspecified atom stereocenters. The summed E-state index contributed by atoms with van der Waals surface area (Å²) in [6.07, 6.45) is -1.70. The van der Waals surface area contributed by atoms with Gasteiger partial charge in [-0.2, -0.15) is 18.2 Å². The number of nitrogens with one attached hydrogen (secondary N) is 1. The minimum Gasteiger partial charge on any atom is -0.486 e. The van der Waals surface area contributed by atoms with Gasteiger partial charge in [0, 0.05) is 24.5 Å². The second-order valence-electron chi connectivity index (χ2n) is 7.68. The van der Waals surface area contributed by atoms with E-state index in [4.69, 9.17) is 20.9 Å². The molecule has 12 heteroatoms. The van der Waals surface area contributed by atoms with Crippen molar-refractivity contribution in [3.05, 3.63) is 52.6 Å². The first-order valence-electron chi connectivity index (χ1n) is 9.96. The number of imidazole rings is 1. The molecule has 0 saturated carbocycles. The maximum Gasteiger partial charge on any atom is 0.417 e. The molecule has 3 aromatic heterocycles. The van der Waals surface area contributed by atoms with Crippen molar-refractivity contribution in [2.75, 3.05) is 13.1 Å². The molecule has 4 aromatic rings. The lowest BCUT2D eigenvalue weighted by molar-refractivity contribution is -0.137. The Kier molecular flexibility index (Phi) is 5.25. The minimum absolute atomic E-state index is 0.0458. The highest BCUT2D eigenvalue weighted by Gasteiger charge is 2.32. The van der Waals surface area contributed by atoms with E-state index in [1.165, 1.54) is 12.3 Å². The van der Waals surface area contributed by atoms with Gasteiger partial charge < -0.3 is 19.0 Å². The van der Waals surface area contributed by atoms with Gasteiger partial charge in [-0.05, 0) is 43.7 Å². The van der Waals surface area contributed by atoms with E-state index in [9.17, 15) is 17.6 Å². The fourth-order valence-electron chi connectivity index (χ4n) is 3.65. The molecule has 7 nitrogen and oxygen atoms in total. The van der Waals surface area contributed by atoms with Gasteiger partial charge in [0.25, 0.3) is 5.89 Å². The van der Waals surface area contributed by atoms with Gasteiger partial charge in [0.1, 0.15) is 11.8 Å². The van der Waals surface area contributed by atoms with Gasteiger partial charge in [-0.3, -0.25) is 0 Å². The van der Waals surface area contributed by atoms with Crippen LogP contribution in [-0.4, -0.2) is 38.7 Å². The van der Waals surface area contributed by atoms with E-state index >= 15 is 0 Å². The van der Waals surface area contributed by atoms with Crippen LogP contribution in [-0.2, 0) is 6.18 Å². The number of nitrogens with zero attached hydrogens (tertiary/aromatic N) is 4. The highest BCUT2D eigenvalue weighted by atomic mass is 35.5. The van der Waals surface area contributed by atoms with Crippen LogP contribution in [0, 0.1) is 12.7 Å². The van der Waals surface area contributed by atoms with Crippen molar-refractivity contribution in [3.8, 4) is 28.7 Å². The lowest BCUT2D eigenvalue weighted by Gasteiger charge is -2.14. The molecule has 1 aromatic carbocycles. The van der Waals surface area contributed by atoms with Crippen molar-refractivity contribution in [2.24, 2.45) is 0 Å². The average molecular weight is 482 g/mol. The van der Waals surface area contributed by atoms with Gasteiger partial charge in [0.05, 0.1) is 10.6 Å². The van der Waals surface area contributed by atoms with Gasteiger partial charge in [-0.15, -0.1) is 0 Å². The summed E-state index contributed by atoms with van der Waals surface area (Å²) in [5.41, 5.74) is 0.362. The summed E-state index contributed by atoms with van der Waals surface area (Å²) in [5.74, 6) is -0.359. The number of alkyl halides is 3. The first kappa shape index (κ1) is 21.7. The smallest absolute Gasteiger partial charge is 0.417 e. The Labute approximate surface area is 189 Å². The molecule has 1 N–H and O–H groups in total. The molecule has 0 bridgehead atoms. The highest BCUT2D eigenvalue weighted by molar-refractivity contribution is 6.33. The van der Waals surface area contributed by atoms with Gasteiger partial charge >= 0.3 is 6.18 Å². The number of fused-ring (bicyclic) bond motifs is 1. The van der Waals surface area contributed by atoms with Crippen LogP contribution in [0.2, 0.25) is 5.02 Å².